The second kappa shape index (κ2) is 6.11. The van der Waals surface area contributed by atoms with Crippen LogP contribution >= 0.6 is 22.9 Å². The number of aliphatic carboxylic acids is 1. The number of amides is 1. The molecule has 0 spiro atoms. The van der Waals surface area contributed by atoms with Crippen molar-refractivity contribution in [2.24, 2.45) is 5.92 Å². The molecule has 2 heterocycles. The number of hydrogen-bond acceptors (Lipinski definition) is 4. The van der Waals surface area contributed by atoms with E-state index in [1.54, 1.807) is 4.90 Å². The molecule has 7 heteroatoms. The number of hydrogen-bond donors (Lipinski definition) is 1. The number of ether oxygens (including phenoxy) is 1. The Kier molecular flexibility index (Phi) is 4.67. The fraction of sp³-hybridized carbons (Fsp3) is 0.538. The van der Waals surface area contributed by atoms with Crippen molar-refractivity contribution in [2.45, 2.75) is 19.9 Å². The zero-order valence-electron chi connectivity index (χ0n) is 11.3. The molecule has 0 radical (unpaired) electrons. The molecule has 1 aliphatic heterocycles. The summed E-state index contributed by atoms with van der Waals surface area (Å²) in [5, 5.41) is 11.5. The maximum absolute atomic E-state index is 12.6. The molecule has 20 heavy (non-hydrogen) atoms. The fourth-order valence-corrected chi connectivity index (χ4v) is 3.55. The first kappa shape index (κ1) is 15.3. The van der Waals surface area contributed by atoms with Gasteiger partial charge in [0, 0.05) is 6.54 Å². The number of carbonyl (C=O) groups excluding carboxylic acids is 1. The molecular formula is C13H16ClNO4S. The van der Waals surface area contributed by atoms with Crippen molar-refractivity contribution in [1.82, 2.24) is 4.90 Å². The summed E-state index contributed by atoms with van der Waals surface area (Å²) in [6, 6.07) is -0.441. The zero-order chi connectivity index (χ0) is 14.9. The van der Waals surface area contributed by atoms with Crippen LogP contribution < -0.4 is 0 Å². The Morgan fingerprint density at radius 3 is 2.75 bits per heavy atom. The minimum atomic E-state index is -0.938. The fourth-order valence-electron chi connectivity index (χ4n) is 2.32. The largest absolute Gasteiger partial charge is 0.481 e. The molecule has 2 atom stereocenters. The number of carboxylic acids is 1. The van der Waals surface area contributed by atoms with E-state index in [2.05, 4.69) is 0 Å². The van der Waals surface area contributed by atoms with Crippen molar-refractivity contribution < 1.29 is 19.4 Å². The van der Waals surface area contributed by atoms with Crippen molar-refractivity contribution in [3.8, 4) is 0 Å². The van der Waals surface area contributed by atoms with Crippen molar-refractivity contribution in [3.63, 3.8) is 0 Å². The van der Waals surface area contributed by atoms with Crippen LogP contribution in [0.3, 0.4) is 0 Å². The van der Waals surface area contributed by atoms with E-state index in [-0.39, 0.29) is 19.1 Å². The first-order valence-electron chi connectivity index (χ1n) is 6.32. The standard InChI is InChI=1S/C13H16ClNO4S/c1-3-15(9-5-19-4-8(9)13(17)18)12(16)11-10(14)7(2)6-20-11/h6,8-9H,3-5H2,1-2H3,(H,17,18). The van der Waals surface area contributed by atoms with Gasteiger partial charge in [-0.05, 0) is 24.8 Å². The molecule has 1 fully saturated rings. The lowest BCUT2D eigenvalue weighted by atomic mass is 10.0. The lowest BCUT2D eigenvalue weighted by molar-refractivity contribution is -0.142. The summed E-state index contributed by atoms with van der Waals surface area (Å²) < 4.78 is 5.23. The number of carboxylic acid groups (broad SMARTS) is 1. The third-order valence-corrected chi connectivity index (χ3v) is 5.15. The van der Waals surface area contributed by atoms with Crippen molar-refractivity contribution >= 4 is 34.8 Å². The van der Waals surface area contributed by atoms with E-state index in [4.69, 9.17) is 16.3 Å². The van der Waals surface area contributed by atoms with Gasteiger partial charge >= 0.3 is 5.97 Å². The predicted octanol–water partition coefficient (Wildman–Crippen LogP) is 2.27. The third-order valence-electron chi connectivity index (χ3n) is 3.46. The number of thiophene rings is 1. The van der Waals surface area contributed by atoms with Crippen LogP contribution in [0.1, 0.15) is 22.2 Å². The van der Waals surface area contributed by atoms with Gasteiger partial charge in [0.25, 0.3) is 5.91 Å². The second-order valence-electron chi connectivity index (χ2n) is 4.70. The van der Waals surface area contributed by atoms with Gasteiger partial charge < -0.3 is 14.7 Å². The maximum atomic E-state index is 12.6. The highest BCUT2D eigenvalue weighted by Gasteiger charge is 2.40. The molecule has 5 nitrogen and oxygen atoms in total. The highest BCUT2D eigenvalue weighted by Crippen LogP contribution is 2.30. The highest BCUT2D eigenvalue weighted by molar-refractivity contribution is 7.13. The first-order valence-corrected chi connectivity index (χ1v) is 7.58. The molecule has 110 valence electrons. The Labute approximate surface area is 126 Å². The molecule has 0 saturated carbocycles. The van der Waals surface area contributed by atoms with E-state index in [0.717, 1.165) is 5.56 Å². The summed E-state index contributed by atoms with van der Waals surface area (Å²) in [6.07, 6.45) is 0. The summed E-state index contributed by atoms with van der Waals surface area (Å²) in [4.78, 5) is 25.8. The quantitative estimate of drug-likeness (QED) is 0.925. The normalized spacial score (nSPS) is 21.9. The Morgan fingerprint density at radius 1 is 1.55 bits per heavy atom. The molecule has 0 aromatic carbocycles. The Balaban J connectivity index is 2.26. The van der Waals surface area contributed by atoms with Gasteiger partial charge in [0.1, 0.15) is 10.8 Å². The molecule has 1 aromatic rings. The Bertz CT molecular complexity index is 530. The maximum Gasteiger partial charge on any atom is 0.311 e. The van der Waals surface area contributed by atoms with Gasteiger partial charge in [-0.25, -0.2) is 0 Å². The van der Waals surface area contributed by atoms with Gasteiger partial charge in [0.05, 0.1) is 24.3 Å². The number of halogens is 1. The molecule has 1 amide bonds. The van der Waals surface area contributed by atoms with Crippen LogP contribution in [-0.4, -0.2) is 47.7 Å². The lowest BCUT2D eigenvalue weighted by Crippen LogP contribution is -2.46. The number of aryl methyl sites for hydroxylation is 1. The SMILES string of the molecule is CCN(C(=O)c1scc(C)c1Cl)C1COCC1C(=O)O. The summed E-state index contributed by atoms with van der Waals surface area (Å²) in [5.41, 5.74) is 0.855. The highest BCUT2D eigenvalue weighted by atomic mass is 35.5. The van der Waals surface area contributed by atoms with Crippen LogP contribution in [0.4, 0.5) is 0 Å². The molecule has 1 aromatic heterocycles. The second-order valence-corrected chi connectivity index (χ2v) is 5.96. The molecular weight excluding hydrogens is 302 g/mol. The van der Waals surface area contributed by atoms with Crippen LogP contribution in [0, 0.1) is 12.8 Å². The summed E-state index contributed by atoms with van der Waals surface area (Å²) >= 11 is 7.41. The molecule has 0 aliphatic carbocycles. The topological polar surface area (TPSA) is 66.8 Å². The first-order chi connectivity index (χ1) is 9.47. The number of carbonyl (C=O) groups is 2. The third kappa shape index (κ3) is 2.68. The molecule has 1 aliphatic rings. The monoisotopic (exact) mass is 317 g/mol. The van der Waals surface area contributed by atoms with E-state index >= 15 is 0 Å². The van der Waals surface area contributed by atoms with E-state index in [0.29, 0.717) is 16.4 Å². The van der Waals surface area contributed by atoms with Gasteiger partial charge in [-0.15, -0.1) is 11.3 Å². The smallest absolute Gasteiger partial charge is 0.311 e. The van der Waals surface area contributed by atoms with Gasteiger partial charge in [-0.3, -0.25) is 9.59 Å². The number of nitrogens with zero attached hydrogens (tertiary/aromatic N) is 1. The number of likely N-dealkylation sites (N-methyl/N-ethyl adjacent to an activating group) is 1. The van der Waals surface area contributed by atoms with Crippen LogP contribution in [0.25, 0.3) is 0 Å². The van der Waals surface area contributed by atoms with Gasteiger partial charge in [-0.2, -0.15) is 0 Å². The van der Waals surface area contributed by atoms with Gasteiger partial charge in [-0.1, -0.05) is 11.6 Å². The van der Waals surface area contributed by atoms with E-state index < -0.39 is 17.9 Å². The molecule has 2 rings (SSSR count). The van der Waals surface area contributed by atoms with E-state index in [1.807, 2.05) is 19.2 Å². The predicted molar refractivity (Wildman–Crippen MR) is 76.5 cm³/mol. The van der Waals surface area contributed by atoms with Crippen LogP contribution in [0.15, 0.2) is 5.38 Å². The van der Waals surface area contributed by atoms with Crippen LogP contribution in [0.2, 0.25) is 5.02 Å². The molecule has 2 unspecified atom stereocenters. The van der Waals surface area contributed by atoms with Crippen LogP contribution in [0.5, 0.6) is 0 Å². The van der Waals surface area contributed by atoms with Gasteiger partial charge in [0.15, 0.2) is 0 Å². The molecule has 1 N–H and O–H groups in total. The summed E-state index contributed by atoms with van der Waals surface area (Å²) in [6.45, 7) is 4.47. The Hall–Kier alpha value is -1.11. The van der Waals surface area contributed by atoms with Crippen molar-refractivity contribution in [2.75, 3.05) is 19.8 Å². The average molecular weight is 318 g/mol. The minimum Gasteiger partial charge on any atom is -0.481 e. The zero-order valence-corrected chi connectivity index (χ0v) is 12.8. The Morgan fingerprint density at radius 2 is 2.25 bits per heavy atom. The van der Waals surface area contributed by atoms with E-state index in [9.17, 15) is 14.7 Å². The van der Waals surface area contributed by atoms with Crippen LogP contribution in [-0.2, 0) is 9.53 Å². The van der Waals surface area contributed by atoms with Crippen molar-refractivity contribution in [1.29, 1.82) is 0 Å². The van der Waals surface area contributed by atoms with E-state index in [1.165, 1.54) is 11.3 Å². The minimum absolute atomic E-state index is 0.140. The van der Waals surface area contributed by atoms with Crippen molar-refractivity contribution in [3.05, 3.63) is 20.8 Å². The van der Waals surface area contributed by atoms with Gasteiger partial charge in [0.2, 0.25) is 0 Å². The number of rotatable bonds is 4. The average Bonchev–Trinajstić information content (AvgIpc) is 2.99. The lowest BCUT2D eigenvalue weighted by Gasteiger charge is -2.29. The molecule has 1 saturated heterocycles. The summed E-state index contributed by atoms with van der Waals surface area (Å²) in [5.74, 6) is -1.84. The summed E-state index contributed by atoms with van der Waals surface area (Å²) in [7, 11) is 0. The molecule has 0 bridgehead atoms.